The lowest BCUT2D eigenvalue weighted by Crippen LogP contribution is -2.27. The Morgan fingerprint density at radius 3 is 2.26 bits per heavy atom. The first-order chi connectivity index (χ1) is 9.31. The maximum absolute atomic E-state index is 11.2. The Morgan fingerprint density at radius 1 is 0.947 bits per heavy atom. The number of rotatable bonds is 3. The third-order valence-corrected chi connectivity index (χ3v) is 3.63. The van der Waals surface area contributed by atoms with Gasteiger partial charge in [0.05, 0.1) is 0 Å². The van der Waals surface area contributed by atoms with Crippen molar-refractivity contribution in [3.05, 3.63) is 60.2 Å². The van der Waals surface area contributed by atoms with Crippen LogP contribution >= 0.6 is 0 Å². The molecule has 0 aromatic heterocycles. The normalized spacial score (nSPS) is 18.3. The predicted octanol–water partition coefficient (Wildman–Crippen LogP) is 3.17. The van der Waals surface area contributed by atoms with Gasteiger partial charge >= 0.3 is 0 Å². The van der Waals surface area contributed by atoms with Crippen LogP contribution < -0.4 is 5.32 Å². The predicted molar refractivity (Wildman–Crippen MR) is 76.7 cm³/mol. The highest BCUT2D eigenvalue weighted by molar-refractivity contribution is 5.78. The van der Waals surface area contributed by atoms with Crippen LogP contribution in [0, 0.1) is 0 Å². The summed E-state index contributed by atoms with van der Waals surface area (Å²) in [5.41, 5.74) is 3.76. The number of amides is 1. The van der Waals surface area contributed by atoms with Crippen molar-refractivity contribution in [2.24, 2.45) is 0 Å². The Kier molecular flexibility index (Phi) is 3.32. The minimum atomic E-state index is 0.186. The van der Waals surface area contributed by atoms with Gasteiger partial charge in [-0.15, -0.1) is 0 Å². The average Bonchev–Trinajstić information content (AvgIpc) is 2.86. The fourth-order valence-corrected chi connectivity index (χ4v) is 2.58. The van der Waals surface area contributed by atoms with Crippen molar-refractivity contribution in [1.82, 2.24) is 5.32 Å². The smallest absolute Gasteiger partial charge is 0.220 e. The van der Waals surface area contributed by atoms with Crippen molar-refractivity contribution in [3.63, 3.8) is 0 Å². The third-order valence-electron chi connectivity index (χ3n) is 3.63. The van der Waals surface area contributed by atoms with E-state index < -0.39 is 0 Å². The molecule has 1 atom stereocenters. The van der Waals surface area contributed by atoms with Gasteiger partial charge in [0.2, 0.25) is 5.91 Å². The second kappa shape index (κ2) is 5.27. The van der Waals surface area contributed by atoms with Gasteiger partial charge in [0, 0.05) is 12.5 Å². The fraction of sp³-hybridized carbons (Fsp3) is 0.235. The van der Waals surface area contributed by atoms with Crippen LogP contribution in [0.1, 0.15) is 18.4 Å². The number of hydrogen-bond donors (Lipinski definition) is 1. The van der Waals surface area contributed by atoms with Gasteiger partial charge < -0.3 is 5.32 Å². The van der Waals surface area contributed by atoms with E-state index in [2.05, 4.69) is 53.8 Å². The highest BCUT2D eigenvalue weighted by Gasteiger charge is 2.20. The molecule has 2 aromatic carbocycles. The third kappa shape index (κ3) is 2.84. The van der Waals surface area contributed by atoms with Crippen molar-refractivity contribution in [3.8, 4) is 11.1 Å². The Hall–Kier alpha value is -2.09. The number of hydrogen-bond acceptors (Lipinski definition) is 1. The summed E-state index contributed by atoms with van der Waals surface area (Å²) in [5.74, 6) is 0.186. The summed E-state index contributed by atoms with van der Waals surface area (Å²) in [6.07, 6.45) is 2.56. The topological polar surface area (TPSA) is 29.1 Å². The molecule has 0 radical (unpaired) electrons. The molecule has 0 bridgehead atoms. The number of carbonyl (C=O) groups excluding carboxylic acids is 1. The second-order valence-electron chi connectivity index (χ2n) is 5.07. The summed E-state index contributed by atoms with van der Waals surface area (Å²) in [7, 11) is 0. The maximum atomic E-state index is 11.2. The molecule has 1 heterocycles. The van der Waals surface area contributed by atoms with E-state index >= 15 is 0 Å². The molecule has 2 nitrogen and oxygen atoms in total. The highest BCUT2D eigenvalue weighted by atomic mass is 16.1. The Morgan fingerprint density at radius 2 is 1.63 bits per heavy atom. The highest BCUT2D eigenvalue weighted by Crippen LogP contribution is 2.20. The molecule has 0 saturated carbocycles. The number of nitrogens with one attached hydrogen (secondary N) is 1. The Bertz CT molecular complexity index is 560. The van der Waals surface area contributed by atoms with Gasteiger partial charge in [0.1, 0.15) is 0 Å². The van der Waals surface area contributed by atoms with E-state index in [0.717, 1.165) is 12.8 Å². The summed E-state index contributed by atoms with van der Waals surface area (Å²) < 4.78 is 0. The molecule has 1 aliphatic rings. The molecule has 3 rings (SSSR count). The van der Waals surface area contributed by atoms with Gasteiger partial charge in [-0.3, -0.25) is 4.79 Å². The lowest BCUT2D eigenvalue weighted by atomic mass is 10.0. The number of benzene rings is 2. The van der Waals surface area contributed by atoms with Crippen molar-refractivity contribution < 1.29 is 4.79 Å². The molecular formula is C17H17NO. The van der Waals surface area contributed by atoms with Crippen LogP contribution in [0.2, 0.25) is 0 Å². The standard InChI is InChI=1S/C17H17NO/c19-17-11-10-16(18-17)12-13-6-8-15(9-7-13)14-4-2-1-3-5-14/h1-9,16H,10-12H2,(H,18,19)/t16-/m1/s1. The summed E-state index contributed by atoms with van der Waals surface area (Å²) in [6, 6.07) is 19.3. The second-order valence-corrected chi connectivity index (χ2v) is 5.07. The molecule has 19 heavy (non-hydrogen) atoms. The van der Waals surface area contributed by atoms with Crippen LogP contribution in [-0.4, -0.2) is 11.9 Å². The molecule has 1 N–H and O–H groups in total. The lowest BCUT2D eigenvalue weighted by Gasteiger charge is -2.10. The van der Waals surface area contributed by atoms with Gasteiger partial charge in [-0.25, -0.2) is 0 Å². The summed E-state index contributed by atoms with van der Waals surface area (Å²) in [5, 5.41) is 3.01. The average molecular weight is 251 g/mol. The van der Waals surface area contributed by atoms with Gasteiger partial charge in [0.15, 0.2) is 0 Å². The quantitative estimate of drug-likeness (QED) is 0.892. The van der Waals surface area contributed by atoms with E-state index in [9.17, 15) is 4.79 Å². The van der Waals surface area contributed by atoms with Crippen molar-refractivity contribution in [2.75, 3.05) is 0 Å². The zero-order valence-electron chi connectivity index (χ0n) is 10.8. The zero-order chi connectivity index (χ0) is 13.1. The molecule has 2 heteroatoms. The molecule has 2 aromatic rings. The van der Waals surface area contributed by atoms with E-state index in [1.54, 1.807) is 0 Å². The van der Waals surface area contributed by atoms with Gasteiger partial charge in [0.25, 0.3) is 0 Å². The van der Waals surface area contributed by atoms with Gasteiger partial charge in [-0.2, -0.15) is 0 Å². The fourth-order valence-electron chi connectivity index (χ4n) is 2.58. The van der Waals surface area contributed by atoms with Crippen molar-refractivity contribution in [2.45, 2.75) is 25.3 Å². The van der Waals surface area contributed by atoms with E-state index in [1.807, 2.05) is 6.07 Å². The van der Waals surface area contributed by atoms with Crippen LogP contribution in [0.15, 0.2) is 54.6 Å². The summed E-state index contributed by atoms with van der Waals surface area (Å²) in [4.78, 5) is 11.2. The van der Waals surface area contributed by atoms with Crippen molar-refractivity contribution in [1.29, 1.82) is 0 Å². The molecule has 1 amide bonds. The first kappa shape index (κ1) is 12.0. The van der Waals surface area contributed by atoms with E-state index in [-0.39, 0.29) is 5.91 Å². The molecule has 1 saturated heterocycles. The van der Waals surface area contributed by atoms with E-state index in [1.165, 1.54) is 16.7 Å². The van der Waals surface area contributed by atoms with Gasteiger partial charge in [-0.05, 0) is 29.5 Å². The van der Waals surface area contributed by atoms with E-state index in [4.69, 9.17) is 0 Å². The molecule has 0 spiro atoms. The monoisotopic (exact) mass is 251 g/mol. The van der Waals surface area contributed by atoms with Crippen LogP contribution in [-0.2, 0) is 11.2 Å². The summed E-state index contributed by atoms with van der Waals surface area (Å²) in [6.45, 7) is 0. The first-order valence-electron chi connectivity index (χ1n) is 6.75. The maximum Gasteiger partial charge on any atom is 0.220 e. The molecular weight excluding hydrogens is 234 g/mol. The molecule has 0 unspecified atom stereocenters. The van der Waals surface area contributed by atoms with Crippen LogP contribution in [0.4, 0.5) is 0 Å². The molecule has 1 fully saturated rings. The van der Waals surface area contributed by atoms with Crippen LogP contribution in [0.5, 0.6) is 0 Å². The number of carbonyl (C=O) groups is 1. The van der Waals surface area contributed by atoms with Crippen LogP contribution in [0.3, 0.4) is 0 Å². The lowest BCUT2D eigenvalue weighted by molar-refractivity contribution is -0.119. The van der Waals surface area contributed by atoms with Crippen LogP contribution in [0.25, 0.3) is 11.1 Å². The molecule has 0 aliphatic carbocycles. The Balaban J connectivity index is 1.71. The summed E-state index contributed by atoms with van der Waals surface area (Å²) >= 11 is 0. The largest absolute Gasteiger partial charge is 0.353 e. The zero-order valence-corrected chi connectivity index (χ0v) is 10.8. The first-order valence-corrected chi connectivity index (χ1v) is 6.75. The molecule has 96 valence electrons. The minimum absolute atomic E-state index is 0.186. The van der Waals surface area contributed by atoms with Gasteiger partial charge in [-0.1, -0.05) is 54.6 Å². The van der Waals surface area contributed by atoms with Crippen molar-refractivity contribution >= 4 is 5.91 Å². The molecule has 1 aliphatic heterocycles. The SMILES string of the molecule is O=C1CC[C@H](Cc2ccc(-c3ccccc3)cc2)N1. The minimum Gasteiger partial charge on any atom is -0.353 e. The Labute approximate surface area is 113 Å². The van der Waals surface area contributed by atoms with E-state index in [0.29, 0.717) is 12.5 Å².